The Kier molecular flexibility index (Phi) is 3.66. The first-order valence-electron chi connectivity index (χ1n) is 8.61. The number of benzene rings is 1. The fraction of sp³-hybridized carbons (Fsp3) is 0.600. The van der Waals surface area contributed by atoms with Crippen LogP contribution in [-0.4, -0.2) is 16.9 Å². The molecule has 3 nitrogen and oxygen atoms in total. The molecule has 3 heteroatoms. The van der Waals surface area contributed by atoms with Crippen LogP contribution in [0.3, 0.4) is 0 Å². The van der Waals surface area contributed by atoms with Gasteiger partial charge in [-0.1, -0.05) is 39.3 Å². The molecule has 1 N–H and O–H groups in total. The molecule has 2 aliphatic rings. The summed E-state index contributed by atoms with van der Waals surface area (Å²) in [6.45, 7) is 8.25. The molecule has 0 amide bonds. The summed E-state index contributed by atoms with van der Waals surface area (Å²) in [5.74, 6) is -0.386. The van der Waals surface area contributed by atoms with Gasteiger partial charge in [0.25, 0.3) is 0 Å². The van der Waals surface area contributed by atoms with E-state index in [1.807, 2.05) is 13.0 Å². The number of fused-ring (bicyclic) bond motifs is 3. The third-order valence-electron chi connectivity index (χ3n) is 6.43. The molecular formula is C20H26O3. The van der Waals surface area contributed by atoms with Crippen molar-refractivity contribution in [3.63, 3.8) is 0 Å². The number of carboxylic acids is 1. The number of hydrogen-bond acceptors (Lipinski definition) is 2. The van der Waals surface area contributed by atoms with Crippen molar-refractivity contribution in [1.29, 1.82) is 0 Å². The maximum Gasteiger partial charge on any atom is 0.309 e. The predicted molar refractivity (Wildman–Crippen MR) is 89.9 cm³/mol. The molecule has 0 heterocycles. The molecule has 3 atom stereocenters. The topological polar surface area (TPSA) is 54.4 Å². The smallest absolute Gasteiger partial charge is 0.309 e. The minimum Gasteiger partial charge on any atom is -0.481 e. The summed E-state index contributed by atoms with van der Waals surface area (Å²) in [7, 11) is 0. The molecule has 124 valence electrons. The summed E-state index contributed by atoms with van der Waals surface area (Å²) < 4.78 is 0. The molecule has 0 aliphatic heterocycles. The standard InChI is InChI=1S/C20H26O3/c1-12(2)13-6-7-15-14(10-13)16(21)11-17-19(15,3)8-5-9-20(17,4)18(22)23/h6-7,10,12,17H,5,8-9,11H2,1-4H3,(H,22,23)/t17-,19+,20+/m0/s1. The van der Waals surface area contributed by atoms with Gasteiger partial charge in [-0.05, 0) is 54.2 Å². The van der Waals surface area contributed by atoms with Gasteiger partial charge in [-0.15, -0.1) is 0 Å². The molecule has 1 aromatic rings. The number of hydrogen-bond donors (Lipinski definition) is 1. The molecule has 1 aromatic carbocycles. The molecule has 0 saturated heterocycles. The van der Waals surface area contributed by atoms with Crippen molar-refractivity contribution in [2.75, 3.05) is 0 Å². The van der Waals surface area contributed by atoms with E-state index in [0.29, 0.717) is 18.8 Å². The van der Waals surface area contributed by atoms with Crippen LogP contribution in [0.15, 0.2) is 18.2 Å². The molecule has 1 fully saturated rings. The highest BCUT2D eigenvalue weighted by molar-refractivity contribution is 6.00. The molecule has 23 heavy (non-hydrogen) atoms. The molecule has 2 aliphatic carbocycles. The summed E-state index contributed by atoms with van der Waals surface area (Å²) in [5.41, 5.74) is 2.04. The Morgan fingerprint density at radius 1 is 1.26 bits per heavy atom. The first kappa shape index (κ1) is 16.2. The van der Waals surface area contributed by atoms with Gasteiger partial charge in [0.15, 0.2) is 5.78 Å². The Bertz CT molecular complexity index is 675. The molecule has 0 spiro atoms. The van der Waals surface area contributed by atoms with Crippen LogP contribution in [-0.2, 0) is 10.2 Å². The van der Waals surface area contributed by atoms with Gasteiger partial charge in [0.05, 0.1) is 5.41 Å². The highest BCUT2D eigenvalue weighted by Gasteiger charge is 2.56. The van der Waals surface area contributed by atoms with Crippen molar-refractivity contribution in [2.24, 2.45) is 11.3 Å². The zero-order chi connectivity index (χ0) is 17.0. The average Bonchev–Trinajstić information content (AvgIpc) is 2.49. The summed E-state index contributed by atoms with van der Waals surface area (Å²) in [5, 5.41) is 9.79. The van der Waals surface area contributed by atoms with E-state index in [2.05, 4.69) is 32.9 Å². The van der Waals surface area contributed by atoms with E-state index in [1.54, 1.807) is 0 Å². The second-order valence-electron chi connectivity index (χ2n) is 8.13. The number of aliphatic carboxylic acids is 1. The first-order chi connectivity index (χ1) is 10.7. The van der Waals surface area contributed by atoms with Gasteiger partial charge in [0, 0.05) is 12.0 Å². The lowest BCUT2D eigenvalue weighted by Gasteiger charge is -2.53. The van der Waals surface area contributed by atoms with Crippen molar-refractivity contribution in [2.45, 2.75) is 64.7 Å². The van der Waals surface area contributed by atoms with E-state index in [-0.39, 0.29) is 17.1 Å². The van der Waals surface area contributed by atoms with Gasteiger partial charge in [-0.25, -0.2) is 0 Å². The number of ketones is 1. The number of Topliss-reactive ketones (excluding diaryl/α,β-unsaturated/α-hetero) is 1. The van der Waals surface area contributed by atoms with Crippen molar-refractivity contribution in [3.05, 3.63) is 34.9 Å². The van der Waals surface area contributed by atoms with Crippen molar-refractivity contribution in [3.8, 4) is 0 Å². The molecule has 0 aromatic heterocycles. The van der Waals surface area contributed by atoms with Crippen LogP contribution < -0.4 is 0 Å². The Morgan fingerprint density at radius 2 is 1.96 bits per heavy atom. The SMILES string of the molecule is CC(C)c1ccc2c(c1)C(=O)C[C@@H]1[C@](C)(C(=O)O)CCC[C@]21C. The molecule has 3 rings (SSSR count). The van der Waals surface area contributed by atoms with Crippen molar-refractivity contribution in [1.82, 2.24) is 0 Å². The molecule has 0 bridgehead atoms. The fourth-order valence-corrected chi connectivity index (χ4v) is 4.85. The third-order valence-corrected chi connectivity index (χ3v) is 6.43. The van der Waals surface area contributed by atoms with Gasteiger partial charge in [-0.2, -0.15) is 0 Å². The number of carboxylic acid groups (broad SMARTS) is 1. The normalized spacial score (nSPS) is 33.3. The largest absolute Gasteiger partial charge is 0.481 e. The zero-order valence-electron chi connectivity index (χ0n) is 14.5. The Labute approximate surface area is 138 Å². The van der Waals surface area contributed by atoms with Crippen LogP contribution in [0.1, 0.15) is 80.8 Å². The van der Waals surface area contributed by atoms with Crippen LogP contribution in [0.4, 0.5) is 0 Å². The lowest BCUT2D eigenvalue weighted by atomic mass is 9.49. The lowest BCUT2D eigenvalue weighted by Crippen LogP contribution is -2.53. The average molecular weight is 314 g/mol. The second-order valence-corrected chi connectivity index (χ2v) is 8.13. The monoisotopic (exact) mass is 314 g/mol. The maximum absolute atomic E-state index is 12.8. The van der Waals surface area contributed by atoms with E-state index in [0.717, 1.165) is 24.0 Å². The lowest BCUT2D eigenvalue weighted by molar-refractivity contribution is -0.156. The summed E-state index contributed by atoms with van der Waals surface area (Å²) in [4.78, 5) is 24.7. The van der Waals surface area contributed by atoms with Crippen LogP contribution in [0.2, 0.25) is 0 Å². The van der Waals surface area contributed by atoms with Gasteiger partial charge in [0.1, 0.15) is 0 Å². The van der Waals surface area contributed by atoms with Crippen LogP contribution >= 0.6 is 0 Å². The molecule has 0 unspecified atom stereocenters. The Morgan fingerprint density at radius 3 is 2.57 bits per heavy atom. The maximum atomic E-state index is 12.8. The first-order valence-corrected chi connectivity index (χ1v) is 8.61. The van der Waals surface area contributed by atoms with E-state index in [4.69, 9.17) is 0 Å². The molecule has 0 radical (unpaired) electrons. The van der Waals surface area contributed by atoms with E-state index < -0.39 is 11.4 Å². The van der Waals surface area contributed by atoms with Crippen molar-refractivity contribution < 1.29 is 14.7 Å². The highest BCUT2D eigenvalue weighted by Crippen LogP contribution is 2.57. The van der Waals surface area contributed by atoms with Gasteiger partial charge < -0.3 is 5.11 Å². The Balaban J connectivity index is 2.16. The van der Waals surface area contributed by atoms with E-state index >= 15 is 0 Å². The summed E-state index contributed by atoms with van der Waals surface area (Å²) in [6, 6.07) is 6.23. The zero-order valence-corrected chi connectivity index (χ0v) is 14.5. The summed E-state index contributed by atoms with van der Waals surface area (Å²) >= 11 is 0. The van der Waals surface area contributed by atoms with Gasteiger partial charge in [-0.3, -0.25) is 9.59 Å². The molecular weight excluding hydrogens is 288 g/mol. The number of carbonyl (C=O) groups excluding carboxylic acids is 1. The fourth-order valence-electron chi connectivity index (χ4n) is 4.85. The van der Waals surface area contributed by atoms with Crippen LogP contribution in [0.5, 0.6) is 0 Å². The number of carbonyl (C=O) groups is 2. The Hall–Kier alpha value is -1.64. The predicted octanol–water partition coefficient (Wildman–Crippen LogP) is 4.55. The highest BCUT2D eigenvalue weighted by atomic mass is 16.4. The van der Waals surface area contributed by atoms with Crippen LogP contribution in [0.25, 0.3) is 0 Å². The minimum atomic E-state index is -0.808. The minimum absolute atomic E-state index is 0.111. The van der Waals surface area contributed by atoms with E-state index in [9.17, 15) is 14.7 Å². The van der Waals surface area contributed by atoms with E-state index in [1.165, 1.54) is 5.56 Å². The quantitative estimate of drug-likeness (QED) is 0.871. The second kappa shape index (κ2) is 5.19. The summed E-state index contributed by atoms with van der Waals surface area (Å²) in [6.07, 6.45) is 2.88. The van der Waals surface area contributed by atoms with Crippen molar-refractivity contribution >= 4 is 11.8 Å². The molecule has 1 saturated carbocycles. The van der Waals surface area contributed by atoms with Gasteiger partial charge >= 0.3 is 5.97 Å². The number of rotatable bonds is 2. The van der Waals surface area contributed by atoms with Crippen LogP contribution in [0, 0.1) is 11.3 Å². The third kappa shape index (κ3) is 2.24. The van der Waals surface area contributed by atoms with Gasteiger partial charge in [0.2, 0.25) is 0 Å².